The Kier molecular flexibility index (Phi) is 7.11. The first kappa shape index (κ1) is 23.3. The molecule has 0 atom stereocenters. The highest BCUT2D eigenvalue weighted by atomic mass is 19.1. The Hall–Kier alpha value is -3.87. The average Bonchev–Trinajstić information content (AvgIpc) is 2.83. The van der Waals surface area contributed by atoms with Crippen molar-refractivity contribution < 1.29 is 14.0 Å². The number of urea groups is 2. The van der Waals surface area contributed by atoms with Crippen LogP contribution in [0.5, 0.6) is 0 Å². The number of nitrogens with one attached hydrogen (secondary N) is 2. The predicted octanol–water partition coefficient (Wildman–Crippen LogP) is 6.43. The van der Waals surface area contributed by atoms with Crippen molar-refractivity contribution in [1.29, 1.82) is 0 Å². The molecule has 34 heavy (non-hydrogen) atoms. The van der Waals surface area contributed by atoms with Gasteiger partial charge in [0.15, 0.2) is 0 Å². The fourth-order valence-corrected chi connectivity index (χ4v) is 4.01. The third-order valence-electron chi connectivity index (χ3n) is 5.88. The smallest absolute Gasteiger partial charge is 0.320 e. The fourth-order valence-electron chi connectivity index (χ4n) is 4.01. The van der Waals surface area contributed by atoms with Gasteiger partial charge in [0, 0.05) is 25.3 Å². The molecular formula is C27H29FN4O2. The first-order valence-electron chi connectivity index (χ1n) is 11.5. The van der Waals surface area contributed by atoms with E-state index in [0.29, 0.717) is 42.6 Å². The molecule has 0 bridgehead atoms. The Morgan fingerprint density at radius 2 is 1.65 bits per heavy atom. The van der Waals surface area contributed by atoms with E-state index in [1.54, 1.807) is 28.0 Å². The number of amides is 4. The number of anilines is 3. The van der Waals surface area contributed by atoms with E-state index in [2.05, 4.69) is 24.5 Å². The van der Waals surface area contributed by atoms with E-state index < -0.39 is 0 Å². The van der Waals surface area contributed by atoms with Crippen molar-refractivity contribution in [2.24, 2.45) is 0 Å². The monoisotopic (exact) mass is 460 g/mol. The number of nitrogens with zero attached hydrogens (tertiary/aromatic N) is 2. The van der Waals surface area contributed by atoms with Gasteiger partial charge in [-0.2, -0.15) is 0 Å². The van der Waals surface area contributed by atoms with Gasteiger partial charge in [-0.05, 0) is 59.9 Å². The maximum Gasteiger partial charge on any atom is 0.324 e. The van der Waals surface area contributed by atoms with Crippen LogP contribution in [0, 0.1) is 5.82 Å². The number of hydrogen-bond acceptors (Lipinski definition) is 2. The lowest BCUT2D eigenvalue weighted by atomic mass is 10.0. The summed E-state index contributed by atoms with van der Waals surface area (Å²) in [4.78, 5) is 29.4. The first-order chi connectivity index (χ1) is 16.4. The summed E-state index contributed by atoms with van der Waals surface area (Å²) in [6, 6.07) is 20.7. The minimum Gasteiger partial charge on any atom is -0.320 e. The number of hydrogen-bond donors (Lipinski definition) is 2. The molecule has 0 unspecified atom stereocenters. The van der Waals surface area contributed by atoms with Crippen LogP contribution in [0.15, 0.2) is 72.8 Å². The zero-order chi connectivity index (χ0) is 24.1. The molecule has 0 radical (unpaired) electrons. The molecule has 176 valence electrons. The summed E-state index contributed by atoms with van der Waals surface area (Å²) in [5.41, 5.74) is 3.95. The van der Waals surface area contributed by atoms with Gasteiger partial charge in [-0.3, -0.25) is 4.90 Å². The van der Waals surface area contributed by atoms with Gasteiger partial charge in [0.05, 0.1) is 11.4 Å². The molecular weight excluding hydrogens is 431 g/mol. The Morgan fingerprint density at radius 1 is 0.941 bits per heavy atom. The van der Waals surface area contributed by atoms with Gasteiger partial charge in [-0.25, -0.2) is 14.0 Å². The Balaban J connectivity index is 1.45. The number of carbonyl (C=O) groups is 2. The lowest BCUT2D eigenvalue weighted by Crippen LogP contribution is -2.49. The third-order valence-corrected chi connectivity index (χ3v) is 5.88. The molecule has 3 aromatic rings. The topological polar surface area (TPSA) is 64.7 Å². The molecule has 1 heterocycles. The first-order valence-corrected chi connectivity index (χ1v) is 11.5. The maximum atomic E-state index is 13.3. The van der Waals surface area contributed by atoms with Gasteiger partial charge >= 0.3 is 12.1 Å². The van der Waals surface area contributed by atoms with E-state index >= 15 is 0 Å². The highest BCUT2D eigenvalue weighted by molar-refractivity contribution is 6.04. The molecule has 2 N–H and O–H groups in total. The molecule has 3 aromatic carbocycles. The summed E-state index contributed by atoms with van der Waals surface area (Å²) in [5.74, 6) is 0.115. The Bertz CT molecular complexity index is 1150. The van der Waals surface area contributed by atoms with E-state index in [1.165, 1.54) is 17.7 Å². The summed E-state index contributed by atoms with van der Waals surface area (Å²) < 4.78 is 13.2. The molecule has 0 aromatic heterocycles. The second kappa shape index (κ2) is 10.4. The summed E-state index contributed by atoms with van der Waals surface area (Å²) in [5, 5.41) is 5.73. The van der Waals surface area contributed by atoms with Crippen LogP contribution in [-0.2, 0) is 6.54 Å². The van der Waals surface area contributed by atoms with Crippen molar-refractivity contribution in [3.63, 3.8) is 0 Å². The van der Waals surface area contributed by atoms with Gasteiger partial charge < -0.3 is 15.5 Å². The summed E-state index contributed by atoms with van der Waals surface area (Å²) in [6.45, 7) is 5.81. The standard InChI is InChI=1S/C27H29FN4O2/c1-19(2)21-10-14-23(15-11-21)29-26(33)30-24-6-3-4-7-25(24)32-17-5-16-31(27(32)34)18-20-8-12-22(28)13-9-20/h3-4,6-15,19H,5,16-18H2,1-2H3,(H2,29,30,33). The van der Waals surface area contributed by atoms with Crippen LogP contribution < -0.4 is 15.5 Å². The quantitative estimate of drug-likeness (QED) is 0.445. The molecule has 1 aliphatic heterocycles. The lowest BCUT2D eigenvalue weighted by Gasteiger charge is -2.36. The molecule has 1 aliphatic rings. The number of carbonyl (C=O) groups excluding carboxylic acids is 2. The molecule has 7 heteroatoms. The summed E-state index contributed by atoms with van der Waals surface area (Å²) in [6.07, 6.45) is 0.787. The van der Waals surface area contributed by atoms with Crippen molar-refractivity contribution in [3.8, 4) is 0 Å². The molecule has 4 amide bonds. The van der Waals surface area contributed by atoms with E-state index in [0.717, 1.165) is 12.0 Å². The zero-order valence-corrected chi connectivity index (χ0v) is 19.4. The van der Waals surface area contributed by atoms with E-state index in [4.69, 9.17) is 0 Å². The van der Waals surface area contributed by atoms with Gasteiger partial charge in [0.1, 0.15) is 5.82 Å². The van der Waals surface area contributed by atoms with Crippen LogP contribution in [0.1, 0.15) is 37.3 Å². The highest BCUT2D eigenvalue weighted by Gasteiger charge is 2.28. The highest BCUT2D eigenvalue weighted by Crippen LogP contribution is 2.29. The summed E-state index contributed by atoms with van der Waals surface area (Å²) >= 11 is 0. The summed E-state index contributed by atoms with van der Waals surface area (Å²) in [7, 11) is 0. The SMILES string of the molecule is CC(C)c1ccc(NC(=O)Nc2ccccc2N2CCCN(Cc3ccc(F)cc3)C2=O)cc1. The van der Waals surface area contributed by atoms with Crippen LogP contribution in [-0.4, -0.2) is 30.1 Å². The lowest BCUT2D eigenvalue weighted by molar-refractivity contribution is 0.192. The largest absolute Gasteiger partial charge is 0.324 e. The number of para-hydroxylation sites is 2. The molecule has 4 rings (SSSR count). The van der Waals surface area contributed by atoms with Gasteiger partial charge in [0.25, 0.3) is 0 Å². The van der Waals surface area contributed by atoms with Crippen LogP contribution in [0.4, 0.5) is 31.0 Å². The third kappa shape index (κ3) is 5.54. The second-order valence-corrected chi connectivity index (χ2v) is 8.71. The van der Waals surface area contributed by atoms with Crippen LogP contribution in [0.3, 0.4) is 0 Å². The van der Waals surface area contributed by atoms with Crippen LogP contribution >= 0.6 is 0 Å². The van der Waals surface area contributed by atoms with Crippen molar-refractivity contribution in [2.75, 3.05) is 28.6 Å². The molecule has 0 aliphatic carbocycles. The Labute approximate surface area is 199 Å². The molecule has 0 saturated carbocycles. The van der Waals surface area contributed by atoms with E-state index in [-0.39, 0.29) is 17.9 Å². The van der Waals surface area contributed by atoms with Crippen molar-refractivity contribution >= 4 is 29.1 Å². The van der Waals surface area contributed by atoms with Crippen molar-refractivity contribution in [2.45, 2.75) is 32.7 Å². The van der Waals surface area contributed by atoms with Crippen molar-refractivity contribution in [3.05, 3.63) is 89.7 Å². The number of benzene rings is 3. The average molecular weight is 461 g/mol. The predicted molar refractivity (Wildman–Crippen MR) is 134 cm³/mol. The number of halogens is 1. The van der Waals surface area contributed by atoms with Gasteiger partial charge in [-0.15, -0.1) is 0 Å². The number of rotatable bonds is 6. The van der Waals surface area contributed by atoms with E-state index in [1.807, 2.05) is 42.5 Å². The molecule has 0 spiro atoms. The van der Waals surface area contributed by atoms with Crippen LogP contribution in [0.25, 0.3) is 0 Å². The van der Waals surface area contributed by atoms with Crippen LogP contribution in [0.2, 0.25) is 0 Å². The maximum absolute atomic E-state index is 13.3. The fraction of sp³-hybridized carbons (Fsp3) is 0.259. The molecule has 6 nitrogen and oxygen atoms in total. The van der Waals surface area contributed by atoms with E-state index in [9.17, 15) is 14.0 Å². The molecule has 1 saturated heterocycles. The Morgan fingerprint density at radius 3 is 2.35 bits per heavy atom. The minimum absolute atomic E-state index is 0.144. The van der Waals surface area contributed by atoms with Gasteiger partial charge in [0.2, 0.25) is 0 Å². The van der Waals surface area contributed by atoms with Crippen molar-refractivity contribution in [1.82, 2.24) is 4.90 Å². The molecule has 1 fully saturated rings. The second-order valence-electron chi connectivity index (χ2n) is 8.71. The zero-order valence-electron chi connectivity index (χ0n) is 19.4. The normalized spacial score (nSPS) is 13.8. The van der Waals surface area contributed by atoms with Gasteiger partial charge in [-0.1, -0.05) is 50.2 Å². The minimum atomic E-state index is -0.377.